The predicted molar refractivity (Wildman–Crippen MR) is 101 cm³/mol. The third kappa shape index (κ3) is 2.55. The molecule has 2 nitrogen and oxygen atoms in total. The van der Waals surface area contributed by atoms with Crippen LogP contribution < -0.4 is 9.47 Å². The maximum Gasteiger partial charge on any atom is 0.164 e. The van der Waals surface area contributed by atoms with Crippen molar-refractivity contribution in [1.29, 1.82) is 0 Å². The van der Waals surface area contributed by atoms with E-state index >= 15 is 0 Å². The second-order valence-corrected chi connectivity index (χ2v) is 8.08. The summed E-state index contributed by atoms with van der Waals surface area (Å²) in [4.78, 5) is 0. The van der Waals surface area contributed by atoms with E-state index in [4.69, 9.17) is 9.47 Å². The molecule has 0 radical (unpaired) electrons. The maximum absolute atomic E-state index is 5.87. The van der Waals surface area contributed by atoms with Gasteiger partial charge in [0.05, 0.1) is 14.2 Å². The summed E-state index contributed by atoms with van der Waals surface area (Å²) in [5.41, 5.74) is 7.22. The minimum atomic E-state index is 0.500. The molecule has 0 saturated carbocycles. The van der Waals surface area contributed by atoms with Crippen molar-refractivity contribution in [2.24, 2.45) is 5.92 Å². The van der Waals surface area contributed by atoms with Gasteiger partial charge in [0.1, 0.15) is 0 Å². The minimum absolute atomic E-state index is 0.500. The minimum Gasteiger partial charge on any atom is -0.493 e. The molecule has 0 aliphatic heterocycles. The first-order chi connectivity index (χ1) is 11.4. The fourth-order valence-corrected chi connectivity index (χ4v) is 5.22. The molecule has 1 aromatic rings. The van der Waals surface area contributed by atoms with Crippen molar-refractivity contribution < 1.29 is 9.47 Å². The Morgan fingerprint density at radius 1 is 0.958 bits per heavy atom. The van der Waals surface area contributed by atoms with E-state index < -0.39 is 0 Å². The Bertz CT molecular complexity index is 667. The number of methoxy groups -OCH3 is 2. The largest absolute Gasteiger partial charge is 0.493 e. The first-order valence-electron chi connectivity index (χ1n) is 9.33. The average molecular weight is 328 g/mol. The third-order valence-electron chi connectivity index (χ3n) is 6.18. The lowest BCUT2D eigenvalue weighted by Gasteiger charge is -2.43. The molecule has 0 fully saturated rings. The van der Waals surface area contributed by atoms with Crippen LogP contribution in [-0.2, 0) is 0 Å². The smallest absolute Gasteiger partial charge is 0.164 e. The van der Waals surface area contributed by atoms with E-state index in [-0.39, 0.29) is 0 Å². The second-order valence-electron chi connectivity index (χ2n) is 8.08. The number of allylic oxidation sites excluding steroid dienone is 2. The molecule has 1 aromatic carbocycles. The van der Waals surface area contributed by atoms with E-state index in [0.29, 0.717) is 17.8 Å². The van der Waals surface area contributed by atoms with E-state index in [2.05, 4.69) is 40.7 Å². The van der Waals surface area contributed by atoms with Crippen LogP contribution in [0, 0.1) is 12.8 Å². The molecule has 0 N–H and O–H groups in total. The van der Waals surface area contributed by atoms with Crippen LogP contribution in [0.2, 0.25) is 0 Å². The van der Waals surface area contributed by atoms with Crippen LogP contribution in [0.25, 0.3) is 0 Å². The number of rotatable bonds is 3. The molecule has 3 rings (SSSR count). The van der Waals surface area contributed by atoms with Gasteiger partial charge in [0, 0.05) is 11.5 Å². The number of hydrogen-bond donors (Lipinski definition) is 0. The molecule has 0 heterocycles. The van der Waals surface area contributed by atoms with E-state index in [9.17, 15) is 0 Å². The van der Waals surface area contributed by atoms with Gasteiger partial charge < -0.3 is 9.47 Å². The van der Waals surface area contributed by atoms with Gasteiger partial charge in [-0.1, -0.05) is 25.5 Å². The van der Waals surface area contributed by atoms with Gasteiger partial charge in [-0.15, -0.1) is 0 Å². The Hall–Kier alpha value is -1.44. The summed E-state index contributed by atoms with van der Waals surface area (Å²) in [6, 6.07) is 0. The van der Waals surface area contributed by atoms with Gasteiger partial charge in [-0.05, 0) is 74.5 Å². The van der Waals surface area contributed by atoms with Crippen LogP contribution in [0.5, 0.6) is 11.5 Å². The fraction of sp³-hybridized carbons (Fsp3) is 0.636. The molecule has 4 atom stereocenters. The monoisotopic (exact) mass is 328 g/mol. The Labute approximate surface area is 147 Å². The van der Waals surface area contributed by atoms with Crippen molar-refractivity contribution in [2.75, 3.05) is 14.2 Å². The summed E-state index contributed by atoms with van der Waals surface area (Å²) in [7, 11) is 3.56. The Kier molecular flexibility index (Phi) is 4.68. The molecule has 0 bridgehead atoms. The Morgan fingerprint density at radius 3 is 2.21 bits per heavy atom. The van der Waals surface area contributed by atoms with E-state index in [1.165, 1.54) is 41.5 Å². The summed E-state index contributed by atoms with van der Waals surface area (Å²) in [6.45, 7) is 11.4. The van der Waals surface area contributed by atoms with Crippen molar-refractivity contribution in [2.45, 2.75) is 71.6 Å². The molecular formula is C22H32O2. The van der Waals surface area contributed by atoms with Crippen molar-refractivity contribution in [3.05, 3.63) is 33.9 Å². The van der Waals surface area contributed by atoms with Gasteiger partial charge in [-0.2, -0.15) is 0 Å². The summed E-state index contributed by atoms with van der Waals surface area (Å²) < 4.78 is 11.7. The lowest BCUT2D eigenvalue weighted by Crippen LogP contribution is -2.28. The van der Waals surface area contributed by atoms with Gasteiger partial charge in [0.2, 0.25) is 0 Å². The average Bonchev–Trinajstić information content (AvgIpc) is 2.52. The fourth-order valence-electron chi connectivity index (χ4n) is 5.22. The van der Waals surface area contributed by atoms with E-state index in [1.54, 1.807) is 19.8 Å². The van der Waals surface area contributed by atoms with Crippen LogP contribution in [0.3, 0.4) is 0 Å². The molecule has 2 aliphatic rings. The molecule has 0 amide bonds. The van der Waals surface area contributed by atoms with Crippen LogP contribution in [0.4, 0.5) is 0 Å². The van der Waals surface area contributed by atoms with Crippen molar-refractivity contribution in [1.82, 2.24) is 0 Å². The van der Waals surface area contributed by atoms with Crippen LogP contribution in [0.1, 0.15) is 87.0 Å². The highest BCUT2D eigenvalue weighted by Crippen LogP contribution is 2.58. The number of hydrogen-bond acceptors (Lipinski definition) is 2. The highest BCUT2D eigenvalue weighted by Gasteiger charge is 2.41. The van der Waals surface area contributed by atoms with Crippen molar-refractivity contribution in [3.8, 4) is 11.5 Å². The SMILES string of the molecule is COc1c(C)c2c3c(c1OC)[C@@H](C)CC[C@H]3[C@H](C)C[C@H]2C=C(C)C. The summed E-state index contributed by atoms with van der Waals surface area (Å²) in [5, 5.41) is 0. The van der Waals surface area contributed by atoms with Gasteiger partial charge in [0.25, 0.3) is 0 Å². The van der Waals surface area contributed by atoms with Gasteiger partial charge in [0.15, 0.2) is 11.5 Å². The second kappa shape index (κ2) is 6.46. The lowest BCUT2D eigenvalue weighted by atomic mass is 9.62. The van der Waals surface area contributed by atoms with E-state index in [1.807, 2.05) is 0 Å². The van der Waals surface area contributed by atoms with Gasteiger partial charge in [-0.25, -0.2) is 0 Å². The third-order valence-corrected chi connectivity index (χ3v) is 6.18. The van der Waals surface area contributed by atoms with Crippen LogP contribution in [0.15, 0.2) is 11.6 Å². The van der Waals surface area contributed by atoms with Crippen LogP contribution in [-0.4, -0.2) is 14.2 Å². The summed E-state index contributed by atoms with van der Waals surface area (Å²) >= 11 is 0. The van der Waals surface area contributed by atoms with Crippen molar-refractivity contribution >= 4 is 0 Å². The molecule has 2 heteroatoms. The first kappa shape index (κ1) is 17.4. The summed E-state index contributed by atoms with van der Waals surface area (Å²) in [6.07, 6.45) is 6.25. The molecule has 2 aliphatic carbocycles. The zero-order valence-corrected chi connectivity index (χ0v) is 16.3. The lowest BCUT2D eigenvalue weighted by molar-refractivity contribution is 0.308. The first-order valence-corrected chi connectivity index (χ1v) is 9.33. The Balaban J connectivity index is 2.37. The quantitative estimate of drug-likeness (QED) is 0.626. The standard InChI is InChI=1S/C22H32O2/c1-12(2)10-16-11-14(4)17-9-8-13(3)18-20(17)19(16)15(5)21(23-6)22(18)24-7/h10,13-14,16-17H,8-9,11H2,1-7H3/t13-,14+,16+,17-/m0/s1. The normalized spacial score (nSPS) is 28.1. The molecule has 132 valence electrons. The molecule has 0 aromatic heterocycles. The number of benzene rings is 1. The predicted octanol–water partition coefficient (Wildman–Crippen LogP) is 6.08. The number of ether oxygens (including phenoxy) is 2. The zero-order chi connectivity index (χ0) is 17.6. The van der Waals surface area contributed by atoms with Crippen LogP contribution >= 0.6 is 0 Å². The topological polar surface area (TPSA) is 18.5 Å². The van der Waals surface area contributed by atoms with Gasteiger partial charge in [-0.3, -0.25) is 0 Å². The van der Waals surface area contributed by atoms with Crippen molar-refractivity contribution in [3.63, 3.8) is 0 Å². The highest BCUT2D eigenvalue weighted by molar-refractivity contribution is 5.64. The maximum atomic E-state index is 5.87. The van der Waals surface area contributed by atoms with E-state index in [0.717, 1.165) is 17.4 Å². The summed E-state index contributed by atoms with van der Waals surface area (Å²) in [5.74, 6) is 4.36. The molecule has 0 spiro atoms. The molecule has 0 unspecified atom stereocenters. The zero-order valence-electron chi connectivity index (χ0n) is 16.3. The highest BCUT2D eigenvalue weighted by atomic mass is 16.5. The van der Waals surface area contributed by atoms with Gasteiger partial charge >= 0.3 is 0 Å². The Morgan fingerprint density at radius 2 is 1.62 bits per heavy atom. The molecule has 0 saturated heterocycles. The molecular weight excluding hydrogens is 296 g/mol. The molecule has 24 heavy (non-hydrogen) atoms.